The van der Waals surface area contributed by atoms with E-state index in [0.29, 0.717) is 17.1 Å². The Morgan fingerprint density at radius 1 is 0.382 bits per heavy atom. The van der Waals surface area contributed by atoms with Crippen LogP contribution in [0.25, 0.3) is 0 Å². The fraction of sp³-hybridized carbons (Fsp3) is 0. The Balaban J connectivity index is 1.56. The van der Waals surface area contributed by atoms with Crippen molar-refractivity contribution in [2.75, 3.05) is 4.90 Å². The number of rotatable bonds is 3. The Kier molecular flexibility index (Phi) is 3.85. The van der Waals surface area contributed by atoms with Crippen molar-refractivity contribution in [2.24, 2.45) is 0 Å². The van der Waals surface area contributed by atoms with E-state index in [2.05, 4.69) is 14.2 Å². The molecule has 0 radical (unpaired) electrons. The van der Waals surface area contributed by atoms with Gasteiger partial charge in [0.25, 0.3) is 0 Å². The molecule has 0 saturated heterocycles. The van der Waals surface area contributed by atoms with E-state index in [1.54, 1.807) is 23.1 Å². The maximum atomic E-state index is 12.1. The number of esters is 6. The van der Waals surface area contributed by atoms with Gasteiger partial charge in [0.05, 0.1) is 33.4 Å². The van der Waals surface area contributed by atoms with Crippen molar-refractivity contribution in [1.82, 2.24) is 0 Å². The number of fused-ring (bicyclic) bond motifs is 3. The maximum absolute atomic E-state index is 12.1. The summed E-state index contributed by atoms with van der Waals surface area (Å²) < 4.78 is 14.0. The highest BCUT2D eigenvalue weighted by Gasteiger charge is 2.34. The van der Waals surface area contributed by atoms with Gasteiger partial charge in [-0.05, 0) is 54.6 Å². The van der Waals surface area contributed by atoms with Crippen molar-refractivity contribution in [3.63, 3.8) is 0 Å². The van der Waals surface area contributed by atoms with Gasteiger partial charge < -0.3 is 19.1 Å². The summed E-state index contributed by atoms with van der Waals surface area (Å²) in [6.07, 6.45) is 0. The number of carbonyl (C=O) groups is 6. The molecule has 34 heavy (non-hydrogen) atoms. The number of carbonyl (C=O) groups excluding carboxylic acids is 6. The molecule has 0 aliphatic carbocycles. The van der Waals surface area contributed by atoms with Gasteiger partial charge >= 0.3 is 35.8 Å². The zero-order chi connectivity index (χ0) is 23.7. The van der Waals surface area contributed by atoms with Gasteiger partial charge in [0, 0.05) is 17.1 Å². The summed E-state index contributed by atoms with van der Waals surface area (Å²) in [5, 5.41) is 0. The van der Waals surface area contributed by atoms with E-state index < -0.39 is 35.8 Å². The summed E-state index contributed by atoms with van der Waals surface area (Å²) in [4.78, 5) is 73.6. The molecule has 0 N–H and O–H groups in total. The van der Waals surface area contributed by atoms with Crippen LogP contribution in [-0.4, -0.2) is 35.8 Å². The molecule has 3 aliphatic rings. The van der Waals surface area contributed by atoms with E-state index in [4.69, 9.17) is 0 Å². The van der Waals surface area contributed by atoms with Gasteiger partial charge in [0.15, 0.2) is 0 Å². The van der Waals surface area contributed by atoms with Crippen molar-refractivity contribution < 1.29 is 43.0 Å². The summed E-state index contributed by atoms with van der Waals surface area (Å²) in [5.74, 6) is -4.74. The third kappa shape index (κ3) is 2.69. The summed E-state index contributed by atoms with van der Waals surface area (Å²) in [6.45, 7) is 0. The van der Waals surface area contributed by atoms with Crippen LogP contribution in [0.15, 0.2) is 54.6 Å². The van der Waals surface area contributed by atoms with Crippen molar-refractivity contribution in [1.29, 1.82) is 0 Å². The van der Waals surface area contributed by atoms with Crippen LogP contribution in [-0.2, 0) is 14.2 Å². The number of hydrogen-bond donors (Lipinski definition) is 0. The normalized spacial score (nSPS) is 15.5. The number of hydrogen-bond acceptors (Lipinski definition) is 10. The van der Waals surface area contributed by atoms with E-state index in [-0.39, 0.29) is 33.4 Å². The average molecular weight is 455 g/mol. The maximum Gasteiger partial charge on any atom is 0.346 e. The quantitative estimate of drug-likeness (QED) is 0.329. The molecule has 0 unspecified atom stereocenters. The van der Waals surface area contributed by atoms with Crippen LogP contribution in [0.2, 0.25) is 0 Å². The molecule has 3 aliphatic heterocycles. The van der Waals surface area contributed by atoms with Crippen molar-refractivity contribution in [3.8, 4) is 0 Å². The summed E-state index contributed by atoms with van der Waals surface area (Å²) in [7, 11) is 0. The smallest absolute Gasteiger partial charge is 0.346 e. The van der Waals surface area contributed by atoms with E-state index >= 15 is 0 Å². The summed E-state index contributed by atoms with van der Waals surface area (Å²) >= 11 is 0. The van der Waals surface area contributed by atoms with E-state index in [9.17, 15) is 28.8 Å². The first-order valence-corrected chi connectivity index (χ1v) is 9.83. The second kappa shape index (κ2) is 6.69. The predicted octanol–water partition coefficient (Wildman–Crippen LogP) is 3.09. The van der Waals surface area contributed by atoms with Crippen LogP contribution in [0.4, 0.5) is 17.1 Å². The van der Waals surface area contributed by atoms with Crippen LogP contribution in [0.3, 0.4) is 0 Å². The fourth-order valence-corrected chi connectivity index (χ4v) is 4.08. The molecule has 6 rings (SSSR count). The molecular formula is C24H9NO9. The first-order chi connectivity index (χ1) is 16.3. The van der Waals surface area contributed by atoms with E-state index in [1.807, 2.05) is 0 Å². The third-order valence-corrected chi connectivity index (χ3v) is 5.66. The zero-order valence-electron chi connectivity index (χ0n) is 16.8. The number of benzene rings is 3. The molecular weight excluding hydrogens is 446 g/mol. The molecule has 0 spiro atoms. The SMILES string of the molecule is O=C1OC(=O)c2cc(N(c3ccc4c(c3)C(=O)OC4=O)c3ccc4c(c3)C(=O)OC4=O)ccc21. The minimum Gasteiger partial charge on any atom is -0.386 e. The van der Waals surface area contributed by atoms with E-state index in [1.165, 1.54) is 36.4 Å². The molecule has 0 saturated carbocycles. The summed E-state index contributed by atoms with van der Waals surface area (Å²) in [5.41, 5.74) is 1.54. The molecule has 10 nitrogen and oxygen atoms in total. The number of nitrogens with zero attached hydrogens (tertiary/aromatic N) is 1. The van der Waals surface area contributed by atoms with Crippen LogP contribution in [0, 0.1) is 0 Å². The van der Waals surface area contributed by atoms with Gasteiger partial charge in [0.1, 0.15) is 0 Å². The Hall–Kier alpha value is -5.12. The van der Waals surface area contributed by atoms with Gasteiger partial charge in [-0.1, -0.05) is 0 Å². The molecule has 0 atom stereocenters. The van der Waals surface area contributed by atoms with Crippen molar-refractivity contribution >= 4 is 52.9 Å². The molecule has 3 heterocycles. The van der Waals surface area contributed by atoms with E-state index in [0.717, 1.165) is 0 Å². The first kappa shape index (κ1) is 19.6. The first-order valence-electron chi connectivity index (χ1n) is 9.83. The van der Waals surface area contributed by atoms with Gasteiger partial charge in [-0.3, -0.25) is 0 Å². The van der Waals surface area contributed by atoms with Crippen LogP contribution in [0.5, 0.6) is 0 Å². The Labute approximate surface area is 189 Å². The highest BCUT2D eigenvalue weighted by molar-refractivity contribution is 6.17. The molecule has 0 fully saturated rings. The van der Waals surface area contributed by atoms with Crippen molar-refractivity contribution in [2.45, 2.75) is 0 Å². The fourth-order valence-electron chi connectivity index (χ4n) is 4.08. The van der Waals surface area contributed by atoms with Crippen LogP contribution >= 0.6 is 0 Å². The Morgan fingerprint density at radius 3 is 0.941 bits per heavy atom. The summed E-state index contributed by atoms with van der Waals surface area (Å²) in [6, 6.07) is 13.2. The standard InChI is InChI=1S/C24H9NO9/c26-19-13-4-1-10(7-16(13)22(29)32-19)25(11-2-5-14-17(8-11)23(30)33-20(14)27)12-3-6-15-18(9-12)24(31)34-21(15)28/h1-9H. The topological polar surface area (TPSA) is 133 Å². The Bertz CT molecular complexity index is 1370. The highest BCUT2D eigenvalue weighted by atomic mass is 16.6. The molecule has 164 valence electrons. The monoisotopic (exact) mass is 455 g/mol. The molecule has 3 aromatic rings. The van der Waals surface area contributed by atoms with Crippen molar-refractivity contribution in [3.05, 3.63) is 88.0 Å². The second-order valence-corrected chi connectivity index (χ2v) is 7.56. The van der Waals surface area contributed by atoms with Gasteiger partial charge in [0.2, 0.25) is 0 Å². The minimum atomic E-state index is -0.812. The Morgan fingerprint density at radius 2 is 0.647 bits per heavy atom. The molecule has 0 amide bonds. The number of cyclic esters (lactones) is 6. The third-order valence-electron chi connectivity index (χ3n) is 5.66. The molecule has 10 heteroatoms. The number of anilines is 3. The lowest BCUT2D eigenvalue weighted by Gasteiger charge is -2.26. The van der Waals surface area contributed by atoms with Gasteiger partial charge in [-0.2, -0.15) is 0 Å². The largest absolute Gasteiger partial charge is 0.386 e. The van der Waals surface area contributed by atoms with Crippen LogP contribution in [0.1, 0.15) is 62.1 Å². The highest BCUT2D eigenvalue weighted by Crippen LogP contribution is 2.39. The zero-order valence-corrected chi connectivity index (χ0v) is 16.8. The van der Waals surface area contributed by atoms with Crippen LogP contribution < -0.4 is 4.90 Å². The number of ether oxygens (including phenoxy) is 3. The average Bonchev–Trinajstić information content (AvgIpc) is 3.38. The predicted molar refractivity (Wildman–Crippen MR) is 110 cm³/mol. The lowest BCUT2D eigenvalue weighted by atomic mass is 10.0. The molecule has 3 aromatic carbocycles. The minimum absolute atomic E-state index is 0.0407. The molecule has 0 aromatic heterocycles. The second-order valence-electron chi connectivity index (χ2n) is 7.56. The molecule has 0 bridgehead atoms. The lowest BCUT2D eigenvalue weighted by molar-refractivity contribution is 0.0425. The van der Waals surface area contributed by atoms with Gasteiger partial charge in [-0.15, -0.1) is 0 Å². The van der Waals surface area contributed by atoms with Gasteiger partial charge in [-0.25, -0.2) is 28.8 Å². The lowest BCUT2D eigenvalue weighted by Crippen LogP contribution is -2.12.